The fourth-order valence-electron chi connectivity index (χ4n) is 2.55. The first-order valence-electron chi connectivity index (χ1n) is 7.01. The van der Waals surface area contributed by atoms with Crippen LogP contribution in [0.3, 0.4) is 0 Å². The maximum atomic E-state index is 11.9. The Kier molecular flexibility index (Phi) is 5.84. The van der Waals surface area contributed by atoms with Crippen LogP contribution >= 0.6 is 12.2 Å². The van der Waals surface area contributed by atoms with Crippen molar-refractivity contribution in [3.05, 3.63) is 0 Å². The second-order valence-electron chi connectivity index (χ2n) is 5.40. The Hall–Kier alpha value is -1.37. The summed E-state index contributed by atoms with van der Waals surface area (Å²) in [4.78, 5) is 23.8. The van der Waals surface area contributed by atoms with E-state index in [1.807, 2.05) is 0 Å². The molecule has 2 rings (SSSR count). The van der Waals surface area contributed by atoms with Crippen LogP contribution in [0.4, 0.5) is 0 Å². The number of aliphatic carboxylic acids is 1. The summed E-state index contributed by atoms with van der Waals surface area (Å²) in [6, 6.07) is 0. The third kappa shape index (κ3) is 3.94. The monoisotopic (exact) mass is 349 g/mol. The molecule has 0 saturated carbocycles. The average molecular weight is 349 g/mol. The lowest BCUT2D eigenvalue weighted by molar-refractivity contribution is -0.136. The van der Waals surface area contributed by atoms with Crippen LogP contribution in [0.1, 0.15) is 0 Å². The number of nitrogens with one attached hydrogen (secondary N) is 2. The second-order valence-corrected chi connectivity index (χ2v) is 5.78. The molecule has 1 amide bonds. The lowest BCUT2D eigenvalue weighted by Gasteiger charge is -2.38. The predicted octanol–water partition coefficient (Wildman–Crippen LogP) is -3.57. The Morgan fingerprint density at radius 1 is 1.43 bits per heavy atom. The number of thiocarbonyl (C=S) groups is 1. The molecule has 2 aliphatic rings. The average Bonchev–Trinajstić information content (AvgIpc) is 2.77. The Morgan fingerprint density at radius 3 is 2.70 bits per heavy atom. The van der Waals surface area contributed by atoms with Crippen molar-refractivity contribution < 1.29 is 34.8 Å². The SMILES string of the molecule is O=C(O)CNCC1CN([C@@H]2O[C@H](CO)[C@@H](O)[C@H]2O)C(=S)NC1=O. The summed E-state index contributed by atoms with van der Waals surface area (Å²) in [5, 5.41) is 42.7. The number of carboxylic acid groups (broad SMARTS) is 1. The molecule has 0 aromatic rings. The number of carbonyl (C=O) groups is 2. The number of hydrogen-bond acceptors (Lipinski definition) is 8. The molecule has 5 atom stereocenters. The van der Waals surface area contributed by atoms with Gasteiger partial charge in [0, 0.05) is 13.1 Å². The van der Waals surface area contributed by atoms with Crippen molar-refractivity contribution in [3.63, 3.8) is 0 Å². The molecular formula is C12H19N3O7S. The summed E-state index contributed by atoms with van der Waals surface area (Å²) in [5.74, 6) is -2.02. The number of hydrogen-bond donors (Lipinski definition) is 6. The number of carbonyl (C=O) groups excluding carboxylic acids is 1. The van der Waals surface area contributed by atoms with E-state index in [2.05, 4.69) is 10.6 Å². The van der Waals surface area contributed by atoms with Crippen molar-refractivity contribution in [1.82, 2.24) is 15.5 Å². The highest BCUT2D eigenvalue weighted by atomic mass is 32.1. The van der Waals surface area contributed by atoms with Crippen molar-refractivity contribution in [2.75, 3.05) is 26.2 Å². The zero-order valence-corrected chi connectivity index (χ0v) is 12.9. The summed E-state index contributed by atoms with van der Waals surface area (Å²) in [7, 11) is 0. The summed E-state index contributed by atoms with van der Waals surface area (Å²) in [5.41, 5.74) is 0. The van der Waals surface area contributed by atoms with Crippen molar-refractivity contribution in [2.45, 2.75) is 24.5 Å². The third-order valence-electron chi connectivity index (χ3n) is 3.77. The lowest BCUT2D eigenvalue weighted by atomic mass is 10.0. The van der Waals surface area contributed by atoms with Crippen LogP contribution in [0.5, 0.6) is 0 Å². The fourth-order valence-corrected chi connectivity index (χ4v) is 2.83. The molecular weight excluding hydrogens is 330 g/mol. The molecule has 23 heavy (non-hydrogen) atoms. The van der Waals surface area contributed by atoms with Gasteiger partial charge >= 0.3 is 5.97 Å². The minimum atomic E-state index is -1.30. The standard InChI is InChI=1S/C12H19N3O7S/c16-4-6-8(19)9(20)11(22-6)15-3-5(1-13-2-7(17)18)10(21)14-12(15)23/h5-6,8-9,11,13,16,19-20H,1-4H2,(H,17,18)(H,14,21,23)/t5?,6-,8-,9-,11-/m1/s1. The van der Waals surface area contributed by atoms with E-state index in [1.54, 1.807) is 0 Å². The van der Waals surface area contributed by atoms with Crippen LogP contribution in [-0.4, -0.2) is 93.1 Å². The van der Waals surface area contributed by atoms with Gasteiger partial charge in [0.2, 0.25) is 5.91 Å². The van der Waals surface area contributed by atoms with Gasteiger partial charge in [-0.25, -0.2) is 0 Å². The Labute approximate surface area is 137 Å². The molecule has 2 saturated heterocycles. The number of rotatable bonds is 6. The van der Waals surface area contributed by atoms with Crippen LogP contribution in [0.15, 0.2) is 0 Å². The molecule has 6 N–H and O–H groups in total. The van der Waals surface area contributed by atoms with Crippen molar-refractivity contribution >= 4 is 29.2 Å². The zero-order valence-electron chi connectivity index (χ0n) is 12.1. The summed E-state index contributed by atoms with van der Waals surface area (Å²) in [6.45, 7) is -0.566. The Balaban J connectivity index is 2.02. The molecule has 1 unspecified atom stereocenters. The molecule has 10 nitrogen and oxygen atoms in total. The van der Waals surface area contributed by atoms with Crippen molar-refractivity contribution in [2.24, 2.45) is 5.92 Å². The van der Waals surface area contributed by atoms with E-state index in [0.29, 0.717) is 0 Å². The molecule has 2 fully saturated rings. The third-order valence-corrected chi connectivity index (χ3v) is 4.11. The highest BCUT2D eigenvalue weighted by Crippen LogP contribution is 2.26. The van der Waals surface area contributed by atoms with E-state index in [1.165, 1.54) is 4.90 Å². The largest absolute Gasteiger partial charge is 0.480 e. The first-order valence-corrected chi connectivity index (χ1v) is 7.42. The zero-order chi connectivity index (χ0) is 17.1. The van der Waals surface area contributed by atoms with Crippen LogP contribution < -0.4 is 10.6 Å². The summed E-state index contributed by atoms with van der Waals surface area (Å²) in [6.07, 6.45) is -4.52. The molecule has 0 bridgehead atoms. The van der Waals surface area contributed by atoms with Crippen molar-refractivity contribution in [3.8, 4) is 0 Å². The highest BCUT2D eigenvalue weighted by Gasteiger charge is 2.47. The minimum absolute atomic E-state index is 0.0410. The topological polar surface area (TPSA) is 152 Å². The fraction of sp³-hybridized carbons (Fsp3) is 0.750. The number of aliphatic hydroxyl groups is 3. The number of ether oxygens (including phenoxy) is 1. The normalized spacial score (nSPS) is 34.6. The number of carboxylic acids is 1. The summed E-state index contributed by atoms with van der Waals surface area (Å²) < 4.78 is 5.39. The van der Waals surface area contributed by atoms with Crippen molar-refractivity contribution in [1.29, 1.82) is 0 Å². The molecule has 2 aliphatic heterocycles. The smallest absolute Gasteiger partial charge is 0.317 e. The molecule has 0 aromatic heterocycles. The second kappa shape index (κ2) is 7.47. The number of aliphatic hydroxyl groups excluding tert-OH is 3. The summed E-state index contributed by atoms with van der Waals surface area (Å²) >= 11 is 5.06. The van der Waals surface area contributed by atoms with Crippen LogP contribution in [0.2, 0.25) is 0 Å². The highest BCUT2D eigenvalue weighted by molar-refractivity contribution is 7.80. The maximum Gasteiger partial charge on any atom is 0.317 e. The quantitative estimate of drug-likeness (QED) is 0.266. The first-order chi connectivity index (χ1) is 10.8. The molecule has 2 heterocycles. The van der Waals surface area contributed by atoms with Gasteiger partial charge in [0.1, 0.15) is 18.3 Å². The molecule has 0 aromatic carbocycles. The van der Waals surface area contributed by atoms with Gasteiger partial charge in [0.05, 0.1) is 19.1 Å². The predicted molar refractivity (Wildman–Crippen MR) is 79.2 cm³/mol. The first kappa shape index (κ1) is 18.0. The Morgan fingerprint density at radius 2 is 2.13 bits per heavy atom. The maximum absolute atomic E-state index is 11.9. The Bertz CT molecular complexity index is 491. The van der Waals surface area contributed by atoms with Gasteiger partial charge in [-0.15, -0.1) is 0 Å². The molecule has 11 heteroatoms. The molecule has 0 aliphatic carbocycles. The molecule has 0 spiro atoms. The van der Waals surface area contributed by atoms with E-state index < -0.39 is 43.0 Å². The van der Waals surface area contributed by atoms with Crippen LogP contribution in [0.25, 0.3) is 0 Å². The van der Waals surface area contributed by atoms with Crippen LogP contribution in [-0.2, 0) is 14.3 Å². The van der Waals surface area contributed by atoms with Gasteiger partial charge in [0.15, 0.2) is 11.3 Å². The number of nitrogens with zero attached hydrogens (tertiary/aromatic N) is 1. The molecule has 130 valence electrons. The minimum Gasteiger partial charge on any atom is -0.480 e. The van der Waals surface area contributed by atoms with E-state index in [9.17, 15) is 19.8 Å². The van der Waals surface area contributed by atoms with Crippen LogP contribution in [0, 0.1) is 5.92 Å². The lowest BCUT2D eigenvalue weighted by Crippen LogP contribution is -2.61. The van der Waals surface area contributed by atoms with Gasteiger partial charge < -0.3 is 40.7 Å². The van der Waals surface area contributed by atoms with E-state index in [4.69, 9.17) is 27.2 Å². The van der Waals surface area contributed by atoms with Gasteiger partial charge in [0.25, 0.3) is 0 Å². The van der Waals surface area contributed by atoms with E-state index in [-0.39, 0.29) is 30.7 Å². The van der Waals surface area contributed by atoms with E-state index in [0.717, 1.165) is 0 Å². The molecule has 0 radical (unpaired) electrons. The van der Waals surface area contributed by atoms with E-state index >= 15 is 0 Å². The van der Waals surface area contributed by atoms with Gasteiger partial charge in [-0.05, 0) is 12.2 Å². The van der Waals surface area contributed by atoms with Gasteiger partial charge in [-0.2, -0.15) is 0 Å². The van der Waals surface area contributed by atoms with Gasteiger partial charge in [-0.1, -0.05) is 0 Å². The van der Waals surface area contributed by atoms with Gasteiger partial charge in [-0.3, -0.25) is 9.59 Å². The number of amides is 1.